The van der Waals surface area contributed by atoms with Crippen molar-refractivity contribution in [3.63, 3.8) is 0 Å². The largest absolute Gasteiger partial charge is 0.444 e. The van der Waals surface area contributed by atoms with E-state index in [0.717, 1.165) is 44.9 Å². The monoisotopic (exact) mass is 426 g/mol. The number of hydrogen-bond acceptors (Lipinski definition) is 5. The third-order valence-corrected chi connectivity index (χ3v) is 4.70. The molecule has 1 saturated heterocycles. The lowest BCUT2D eigenvalue weighted by Crippen LogP contribution is -2.50. The fourth-order valence-electron chi connectivity index (χ4n) is 3.20. The molecule has 9 nitrogen and oxygen atoms in total. The number of amides is 2. The van der Waals surface area contributed by atoms with E-state index in [4.69, 9.17) is 4.74 Å². The van der Waals surface area contributed by atoms with Crippen LogP contribution in [-0.4, -0.2) is 92.3 Å². The van der Waals surface area contributed by atoms with Crippen LogP contribution in [0.3, 0.4) is 0 Å². The molecular weight excluding hydrogens is 384 g/mol. The number of carbonyl (C=O) groups is 2. The zero-order valence-electron chi connectivity index (χ0n) is 19.7. The lowest BCUT2D eigenvalue weighted by Gasteiger charge is -2.32. The van der Waals surface area contributed by atoms with E-state index in [9.17, 15) is 9.59 Å². The molecule has 0 aromatic heterocycles. The molecular formula is C21H42N6O3. The minimum Gasteiger partial charge on any atom is -0.444 e. The van der Waals surface area contributed by atoms with E-state index in [1.165, 1.54) is 0 Å². The summed E-state index contributed by atoms with van der Waals surface area (Å²) in [7, 11) is 1.67. The zero-order valence-corrected chi connectivity index (χ0v) is 19.7. The Hall–Kier alpha value is -2.03. The Morgan fingerprint density at radius 2 is 1.83 bits per heavy atom. The van der Waals surface area contributed by atoms with E-state index in [1.807, 2.05) is 34.6 Å². The lowest BCUT2D eigenvalue weighted by molar-refractivity contribution is -0.122. The number of ether oxygens (including phenoxy) is 1. The molecule has 0 radical (unpaired) electrons. The van der Waals surface area contributed by atoms with E-state index in [-0.39, 0.29) is 12.0 Å². The van der Waals surface area contributed by atoms with Crippen LogP contribution in [0.25, 0.3) is 0 Å². The third kappa shape index (κ3) is 10.7. The van der Waals surface area contributed by atoms with Crippen molar-refractivity contribution in [2.24, 2.45) is 4.99 Å². The number of likely N-dealkylation sites (N-methyl/N-ethyl adjacent to an activating group) is 1. The maximum atomic E-state index is 12.4. The van der Waals surface area contributed by atoms with Crippen LogP contribution in [0.15, 0.2) is 4.99 Å². The topological polar surface area (TPSA) is 98.3 Å². The number of nitrogens with zero attached hydrogens (tertiary/aromatic N) is 3. The standard InChI is InChI=1S/C21H42N6O3/c1-7-12-27(20(29)30-21(3,4)5)15-11-24-19(23-8-2)25-17-9-13-26(14-10-17)16-18(28)22-6/h17H,7-16H2,1-6H3,(H,22,28)(H2,23,24,25). The van der Waals surface area contributed by atoms with Crippen molar-refractivity contribution in [2.45, 2.75) is 65.5 Å². The van der Waals surface area contributed by atoms with Crippen LogP contribution in [0.1, 0.15) is 53.9 Å². The minimum atomic E-state index is -0.504. The molecule has 30 heavy (non-hydrogen) atoms. The molecule has 1 fully saturated rings. The fraction of sp³-hybridized carbons (Fsp3) is 0.857. The van der Waals surface area contributed by atoms with Gasteiger partial charge in [-0.3, -0.25) is 14.7 Å². The summed E-state index contributed by atoms with van der Waals surface area (Å²) in [6.45, 7) is 14.4. The molecule has 174 valence electrons. The molecule has 1 heterocycles. The number of likely N-dealkylation sites (tertiary alicyclic amines) is 1. The first kappa shape index (κ1) is 26.0. The Morgan fingerprint density at radius 1 is 1.17 bits per heavy atom. The van der Waals surface area contributed by atoms with Crippen LogP contribution in [0.5, 0.6) is 0 Å². The highest BCUT2D eigenvalue weighted by atomic mass is 16.6. The van der Waals surface area contributed by atoms with Gasteiger partial charge in [0.2, 0.25) is 5.91 Å². The molecule has 0 spiro atoms. The first-order valence-electron chi connectivity index (χ1n) is 11.1. The van der Waals surface area contributed by atoms with Gasteiger partial charge in [0, 0.05) is 45.8 Å². The van der Waals surface area contributed by atoms with Gasteiger partial charge in [-0.25, -0.2) is 4.79 Å². The van der Waals surface area contributed by atoms with Crippen molar-refractivity contribution < 1.29 is 14.3 Å². The van der Waals surface area contributed by atoms with Crippen molar-refractivity contribution >= 4 is 18.0 Å². The van der Waals surface area contributed by atoms with Gasteiger partial charge in [-0.2, -0.15) is 0 Å². The number of carbonyl (C=O) groups excluding carboxylic acids is 2. The number of hydrogen-bond donors (Lipinski definition) is 3. The predicted octanol–water partition coefficient (Wildman–Crippen LogP) is 1.40. The molecule has 0 aliphatic carbocycles. The van der Waals surface area contributed by atoms with E-state index in [2.05, 4.69) is 25.8 Å². The van der Waals surface area contributed by atoms with Crippen molar-refractivity contribution in [1.82, 2.24) is 25.8 Å². The van der Waals surface area contributed by atoms with E-state index in [0.29, 0.717) is 32.2 Å². The summed E-state index contributed by atoms with van der Waals surface area (Å²) < 4.78 is 5.50. The van der Waals surface area contributed by atoms with Crippen LogP contribution in [0.2, 0.25) is 0 Å². The molecule has 0 saturated carbocycles. The van der Waals surface area contributed by atoms with Gasteiger partial charge in [-0.05, 0) is 47.0 Å². The highest BCUT2D eigenvalue weighted by molar-refractivity contribution is 5.80. The fourth-order valence-corrected chi connectivity index (χ4v) is 3.20. The number of guanidine groups is 1. The molecule has 2 amide bonds. The van der Waals surface area contributed by atoms with Crippen LogP contribution in [-0.2, 0) is 9.53 Å². The zero-order chi connectivity index (χ0) is 22.6. The summed E-state index contributed by atoms with van der Waals surface area (Å²) in [4.78, 5) is 32.5. The first-order chi connectivity index (χ1) is 14.2. The molecule has 1 rings (SSSR count). The van der Waals surface area contributed by atoms with Crippen molar-refractivity contribution in [3.05, 3.63) is 0 Å². The SMILES string of the molecule is CCCN(CCN=C(NCC)NC1CCN(CC(=O)NC)CC1)C(=O)OC(C)(C)C. The summed E-state index contributed by atoms with van der Waals surface area (Å²) in [5.41, 5.74) is -0.504. The highest BCUT2D eigenvalue weighted by Crippen LogP contribution is 2.11. The lowest BCUT2D eigenvalue weighted by atomic mass is 10.1. The molecule has 0 aromatic rings. The van der Waals surface area contributed by atoms with E-state index < -0.39 is 5.60 Å². The second kappa shape index (κ2) is 13.3. The van der Waals surface area contributed by atoms with Crippen LogP contribution in [0.4, 0.5) is 4.79 Å². The van der Waals surface area contributed by atoms with Crippen LogP contribution in [0, 0.1) is 0 Å². The number of aliphatic imine (C=N–C) groups is 1. The van der Waals surface area contributed by atoms with Gasteiger partial charge >= 0.3 is 6.09 Å². The summed E-state index contributed by atoms with van der Waals surface area (Å²) in [5.74, 6) is 0.820. The second-order valence-electron chi connectivity index (χ2n) is 8.60. The summed E-state index contributed by atoms with van der Waals surface area (Å²) >= 11 is 0. The first-order valence-corrected chi connectivity index (χ1v) is 11.1. The summed E-state index contributed by atoms with van der Waals surface area (Å²) in [6.07, 6.45) is 2.50. The van der Waals surface area contributed by atoms with Crippen molar-refractivity contribution in [1.29, 1.82) is 0 Å². The molecule has 0 bridgehead atoms. The number of rotatable bonds is 9. The van der Waals surface area contributed by atoms with E-state index in [1.54, 1.807) is 11.9 Å². The van der Waals surface area contributed by atoms with Crippen LogP contribution < -0.4 is 16.0 Å². The summed E-state index contributed by atoms with van der Waals surface area (Å²) in [6, 6.07) is 0.321. The Bertz CT molecular complexity index is 553. The quantitative estimate of drug-likeness (QED) is 0.381. The van der Waals surface area contributed by atoms with Gasteiger partial charge in [0.25, 0.3) is 0 Å². The molecule has 1 aliphatic heterocycles. The minimum absolute atomic E-state index is 0.0536. The molecule has 3 N–H and O–H groups in total. The smallest absolute Gasteiger partial charge is 0.410 e. The Morgan fingerprint density at radius 3 is 2.37 bits per heavy atom. The molecule has 0 aromatic carbocycles. The highest BCUT2D eigenvalue weighted by Gasteiger charge is 2.22. The molecule has 1 aliphatic rings. The Kier molecular flexibility index (Phi) is 11.5. The molecule has 9 heteroatoms. The van der Waals surface area contributed by atoms with Gasteiger partial charge in [-0.15, -0.1) is 0 Å². The maximum Gasteiger partial charge on any atom is 0.410 e. The Balaban J connectivity index is 2.54. The van der Waals surface area contributed by atoms with Gasteiger partial charge in [0.15, 0.2) is 5.96 Å². The molecule has 0 atom stereocenters. The van der Waals surface area contributed by atoms with Gasteiger partial charge in [-0.1, -0.05) is 6.92 Å². The maximum absolute atomic E-state index is 12.4. The van der Waals surface area contributed by atoms with Gasteiger partial charge in [0.1, 0.15) is 5.60 Å². The van der Waals surface area contributed by atoms with Crippen molar-refractivity contribution in [2.75, 3.05) is 52.9 Å². The average molecular weight is 427 g/mol. The average Bonchev–Trinajstić information content (AvgIpc) is 2.67. The number of nitrogens with one attached hydrogen (secondary N) is 3. The Labute approximate surface area is 182 Å². The second-order valence-corrected chi connectivity index (χ2v) is 8.60. The normalized spacial score (nSPS) is 16.1. The van der Waals surface area contributed by atoms with Crippen LogP contribution >= 0.6 is 0 Å². The summed E-state index contributed by atoms with van der Waals surface area (Å²) in [5, 5.41) is 9.45. The van der Waals surface area contributed by atoms with Gasteiger partial charge in [0.05, 0.1) is 13.1 Å². The molecule has 0 unspecified atom stereocenters. The van der Waals surface area contributed by atoms with Crippen molar-refractivity contribution in [3.8, 4) is 0 Å². The van der Waals surface area contributed by atoms with Gasteiger partial charge < -0.3 is 25.6 Å². The number of piperidine rings is 1. The third-order valence-electron chi connectivity index (χ3n) is 4.70. The van der Waals surface area contributed by atoms with E-state index >= 15 is 0 Å². The predicted molar refractivity (Wildman–Crippen MR) is 121 cm³/mol.